The Kier molecular flexibility index (Phi) is 9.29. The minimum atomic E-state index is 0. The first-order chi connectivity index (χ1) is 11.2. The van der Waals surface area contributed by atoms with E-state index in [2.05, 4.69) is 41.6 Å². The average molecular weight is 443 g/mol. The summed E-state index contributed by atoms with van der Waals surface area (Å²) in [4.78, 5) is 4.21. The maximum absolute atomic E-state index is 5.75. The summed E-state index contributed by atoms with van der Waals surface area (Å²) in [6, 6.07) is 11.9. The first kappa shape index (κ1) is 20.3. The van der Waals surface area contributed by atoms with Gasteiger partial charge < -0.3 is 19.8 Å². The SMILES string of the molecule is CN=C(NCc1cccc(OCC(C)C)c1)NCc1ccco1.I. The van der Waals surface area contributed by atoms with Crippen LogP contribution >= 0.6 is 24.0 Å². The molecule has 1 heterocycles. The van der Waals surface area contributed by atoms with Crippen LogP contribution in [0.3, 0.4) is 0 Å². The van der Waals surface area contributed by atoms with Crippen molar-refractivity contribution in [2.24, 2.45) is 10.9 Å². The number of halogens is 1. The molecule has 0 saturated heterocycles. The molecule has 1 aromatic heterocycles. The third-order valence-electron chi connectivity index (χ3n) is 3.18. The van der Waals surface area contributed by atoms with Crippen LogP contribution in [0.5, 0.6) is 5.75 Å². The van der Waals surface area contributed by atoms with E-state index < -0.39 is 0 Å². The molecule has 1 aromatic carbocycles. The minimum absolute atomic E-state index is 0. The molecule has 0 aliphatic rings. The Morgan fingerprint density at radius 1 is 1.17 bits per heavy atom. The first-order valence-corrected chi connectivity index (χ1v) is 7.86. The molecule has 0 radical (unpaired) electrons. The van der Waals surface area contributed by atoms with E-state index in [1.807, 2.05) is 24.3 Å². The zero-order chi connectivity index (χ0) is 16.5. The van der Waals surface area contributed by atoms with Crippen molar-refractivity contribution in [1.82, 2.24) is 10.6 Å². The molecule has 0 aliphatic carbocycles. The molecular formula is C18H26IN3O2. The third kappa shape index (κ3) is 7.25. The van der Waals surface area contributed by atoms with Crippen LogP contribution < -0.4 is 15.4 Å². The second-order valence-electron chi connectivity index (χ2n) is 5.71. The fourth-order valence-corrected chi connectivity index (χ4v) is 2.00. The lowest BCUT2D eigenvalue weighted by Gasteiger charge is -2.13. The van der Waals surface area contributed by atoms with E-state index in [4.69, 9.17) is 9.15 Å². The molecule has 0 aliphatic heterocycles. The zero-order valence-electron chi connectivity index (χ0n) is 14.4. The fraction of sp³-hybridized carbons (Fsp3) is 0.389. The molecule has 0 unspecified atom stereocenters. The predicted molar refractivity (Wildman–Crippen MR) is 108 cm³/mol. The number of hydrogen-bond acceptors (Lipinski definition) is 3. The molecule has 2 rings (SSSR count). The number of guanidine groups is 1. The standard InChI is InChI=1S/C18H25N3O2.HI/c1-14(2)13-23-16-7-4-6-15(10-16)11-20-18(19-3)21-12-17-8-5-9-22-17;/h4-10,14H,11-13H2,1-3H3,(H2,19,20,21);1H. The van der Waals surface area contributed by atoms with Gasteiger partial charge in [0.2, 0.25) is 0 Å². The Morgan fingerprint density at radius 3 is 2.62 bits per heavy atom. The van der Waals surface area contributed by atoms with Crippen LogP contribution in [-0.2, 0) is 13.1 Å². The molecular weight excluding hydrogens is 417 g/mol. The van der Waals surface area contributed by atoms with E-state index in [9.17, 15) is 0 Å². The summed E-state index contributed by atoms with van der Waals surface area (Å²) >= 11 is 0. The van der Waals surface area contributed by atoms with E-state index >= 15 is 0 Å². The minimum Gasteiger partial charge on any atom is -0.493 e. The van der Waals surface area contributed by atoms with E-state index in [1.165, 1.54) is 0 Å². The largest absolute Gasteiger partial charge is 0.493 e. The summed E-state index contributed by atoms with van der Waals surface area (Å²) in [5.41, 5.74) is 1.15. The number of benzene rings is 1. The molecule has 5 nitrogen and oxygen atoms in total. The van der Waals surface area contributed by atoms with Gasteiger partial charge in [0.25, 0.3) is 0 Å². The molecule has 132 valence electrons. The van der Waals surface area contributed by atoms with Crippen molar-refractivity contribution < 1.29 is 9.15 Å². The van der Waals surface area contributed by atoms with Gasteiger partial charge in [0.1, 0.15) is 11.5 Å². The summed E-state index contributed by atoms with van der Waals surface area (Å²) in [6.45, 7) is 6.28. The van der Waals surface area contributed by atoms with Crippen LogP contribution in [0.2, 0.25) is 0 Å². The highest BCUT2D eigenvalue weighted by molar-refractivity contribution is 14.0. The van der Waals surface area contributed by atoms with Gasteiger partial charge in [0.15, 0.2) is 5.96 Å². The van der Waals surface area contributed by atoms with Crippen LogP contribution in [0.4, 0.5) is 0 Å². The number of ether oxygens (including phenoxy) is 1. The molecule has 0 bridgehead atoms. The number of hydrogen-bond donors (Lipinski definition) is 2. The highest BCUT2D eigenvalue weighted by atomic mass is 127. The van der Waals surface area contributed by atoms with Crippen molar-refractivity contribution in [3.05, 3.63) is 54.0 Å². The second-order valence-corrected chi connectivity index (χ2v) is 5.71. The second kappa shape index (κ2) is 11.0. The summed E-state index contributed by atoms with van der Waals surface area (Å²) in [7, 11) is 1.75. The van der Waals surface area contributed by atoms with Gasteiger partial charge in [0.05, 0.1) is 19.4 Å². The molecule has 0 spiro atoms. The Morgan fingerprint density at radius 2 is 1.96 bits per heavy atom. The van der Waals surface area contributed by atoms with Gasteiger partial charge in [-0.15, -0.1) is 24.0 Å². The van der Waals surface area contributed by atoms with E-state index in [-0.39, 0.29) is 24.0 Å². The van der Waals surface area contributed by atoms with Gasteiger partial charge in [-0.3, -0.25) is 4.99 Å². The fourth-order valence-electron chi connectivity index (χ4n) is 2.00. The molecule has 0 amide bonds. The molecule has 0 saturated carbocycles. The number of rotatable bonds is 7. The van der Waals surface area contributed by atoms with Gasteiger partial charge in [-0.1, -0.05) is 26.0 Å². The molecule has 0 fully saturated rings. The Balaban J connectivity index is 0.00000288. The van der Waals surface area contributed by atoms with Crippen LogP contribution in [0, 0.1) is 5.92 Å². The predicted octanol–water partition coefficient (Wildman–Crippen LogP) is 3.80. The molecule has 2 aromatic rings. The zero-order valence-corrected chi connectivity index (χ0v) is 16.7. The van der Waals surface area contributed by atoms with Crippen molar-refractivity contribution in [2.45, 2.75) is 26.9 Å². The summed E-state index contributed by atoms with van der Waals surface area (Å²) in [6.07, 6.45) is 1.66. The number of aliphatic imine (C=N–C) groups is 1. The smallest absolute Gasteiger partial charge is 0.191 e. The van der Waals surface area contributed by atoms with Gasteiger partial charge >= 0.3 is 0 Å². The molecule has 2 N–H and O–H groups in total. The van der Waals surface area contributed by atoms with E-state index in [1.54, 1.807) is 13.3 Å². The lowest BCUT2D eigenvalue weighted by molar-refractivity contribution is 0.271. The van der Waals surface area contributed by atoms with Crippen LogP contribution in [0.15, 0.2) is 52.1 Å². The summed E-state index contributed by atoms with van der Waals surface area (Å²) < 4.78 is 11.0. The van der Waals surface area contributed by atoms with E-state index in [0.717, 1.165) is 29.6 Å². The first-order valence-electron chi connectivity index (χ1n) is 7.86. The molecule has 6 heteroatoms. The normalized spacial score (nSPS) is 11.1. The van der Waals surface area contributed by atoms with E-state index in [0.29, 0.717) is 19.0 Å². The van der Waals surface area contributed by atoms with Gasteiger partial charge in [-0.2, -0.15) is 0 Å². The van der Waals surface area contributed by atoms with Gasteiger partial charge in [-0.05, 0) is 35.7 Å². The van der Waals surface area contributed by atoms with Crippen LogP contribution in [0.25, 0.3) is 0 Å². The Labute approximate surface area is 160 Å². The quantitative estimate of drug-likeness (QED) is 0.389. The van der Waals surface area contributed by atoms with Gasteiger partial charge in [0, 0.05) is 13.6 Å². The third-order valence-corrected chi connectivity index (χ3v) is 3.18. The lowest BCUT2D eigenvalue weighted by atomic mass is 10.2. The highest BCUT2D eigenvalue weighted by Crippen LogP contribution is 2.14. The monoisotopic (exact) mass is 443 g/mol. The average Bonchev–Trinajstić information content (AvgIpc) is 3.07. The van der Waals surface area contributed by atoms with Crippen molar-refractivity contribution in [2.75, 3.05) is 13.7 Å². The number of nitrogens with zero attached hydrogens (tertiary/aromatic N) is 1. The van der Waals surface area contributed by atoms with Crippen molar-refractivity contribution in [3.8, 4) is 5.75 Å². The van der Waals surface area contributed by atoms with Crippen LogP contribution in [-0.4, -0.2) is 19.6 Å². The Hall–Kier alpha value is -1.70. The van der Waals surface area contributed by atoms with Gasteiger partial charge in [-0.25, -0.2) is 0 Å². The van der Waals surface area contributed by atoms with Crippen molar-refractivity contribution in [1.29, 1.82) is 0 Å². The van der Waals surface area contributed by atoms with Crippen molar-refractivity contribution in [3.63, 3.8) is 0 Å². The molecule has 24 heavy (non-hydrogen) atoms. The summed E-state index contributed by atoms with van der Waals surface area (Å²) in [5.74, 6) is 3.02. The van der Waals surface area contributed by atoms with Crippen LogP contribution in [0.1, 0.15) is 25.2 Å². The van der Waals surface area contributed by atoms with Crippen molar-refractivity contribution >= 4 is 29.9 Å². The highest BCUT2D eigenvalue weighted by Gasteiger charge is 2.02. The maximum atomic E-state index is 5.75. The topological polar surface area (TPSA) is 58.8 Å². The number of nitrogens with one attached hydrogen (secondary N) is 2. The lowest BCUT2D eigenvalue weighted by Crippen LogP contribution is -2.36. The Bertz CT molecular complexity index is 612. The summed E-state index contributed by atoms with van der Waals surface area (Å²) in [5, 5.41) is 6.49. The molecule has 0 atom stereocenters. The maximum Gasteiger partial charge on any atom is 0.191 e. The number of furan rings is 1.